The van der Waals surface area contributed by atoms with Gasteiger partial charge in [0.05, 0.1) is 11.4 Å². The van der Waals surface area contributed by atoms with Crippen LogP contribution in [-0.2, 0) is 11.2 Å². The number of benzene rings is 1. The van der Waals surface area contributed by atoms with E-state index in [0.29, 0.717) is 0 Å². The zero-order chi connectivity index (χ0) is 12.3. The van der Waals surface area contributed by atoms with Crippen LogP contribution in [-0.4, -0.2) is 17.7 Å². The first kappa shape index (κ1) is 13.0. The summed E-state index contributed by atoms with van der Waals surface area (Å²) in [4.78, 5) is 10.5. The fraction of sp³-hybridized carbons (Fsp3) is 0.222. The van der Waals surface area contributed by atoms with Crippen LogP contribution in [0.3, 0.4) is 0 Å². The lowest BCUT2D eigenvalue weighted by Crippen LogP contribution is -2.08. The van der Waals surface area contributed by atoms with Gasteiger partial charge in [0.15, 0.2) is 0 Å². The Labute approximate surface area is 99.5 Å². The Morgan fingerprint density at radius 2 is 2.06 bits per heavy atom. The highest BCUT2D eigenvalue weighted by atomic mass is 35.5. The second-order valence-electron chi connectivity index (χ2n) is 2.80. The molecule has 0 fully saturated rings. The molecular weight excluding hydrogens is 265 g/mol. The van der Waals surface area contributed by atoms with Crippen LogP contribution in [0.25, 0.3) is 0 Å². The van der Waals surface area contributed by atoms with Gasteiger partial charge in [-0.3, -0.25) is 4.79 Å². The van der Waals surface area contributed by atoms with E-state index >= 15 is 0 Å². The highest BCUT2D eigenvalue weighted by Gasteiger charge is 2.17. The number of alkyl halides is 2. The number of hydrogen-bond acceptors (Lipinski definition) is 2. The summed E-state index contributed by atoms with van der Waals surface area (Å²) in [6, 6.07) is 2.60. The van der Waals surface area contributed by atoms with Gasteiger partial charge in [0, 0.05) is 5.56 Å². The number of ether oxygens (including phenoxy) is 1. The summed E-state index contributed by atoms with van der Waals surface area (Å²) in [5, 5.41) is 8.36. The number of rotatable bonds is 4. The largest absolute Gasteiger partial charge is 0.481 e. The van der Waals surface area contributed by atoms with Crippen molar-refractivity contribution in [1.29, 1.82) is 0 Å². The Bertz CT molecular complexity index is 410. The summed E-state index contributed by atoms with van der Waals surface area (Å²) in [5.41, 5.74) is 0.0437. The number of carboxylic acid groups (broad SMARTS) is 1. The molecular formula is C9H6Cl2F2O3. The molecule has 88 valence electrons. The quantitative estimate of drug-likeness (QED) is 0.914. The Kier molecular flexibility index (Phi) is 4.32. The lowest BCUT2D eigenvalue weighted by atomic mass is 10.1. The predicted octanol–water partition coefficient (Wildman–Crippen LogP) is 3.22. The smallest absolute Gasteiger partial charge is 0.387 e. The maximum atomic E-state index is 12.1. The minimum Gasteiger partial charge on any atom is -0.481 e. The second-order valence-corrected chi connectivity index (χ2v) is 3.58. The lowest BCUT2D eigenvalue weighted by molar-refractivity contribution is -0.136. The third-order valence-corrected chi connectivity index (χ3v) is 2.47. The van der Waals surface area contributed by atoms with Gasteiger partial charge in [0.2, 0.25) is 0 Å². The van der Waals surface area contributed by atoms with Crippen LogP contribution in [0, 0.1) is 0 Å². The van der Waals surface area contributed by atoms with E-state index in [0.717, 1.165) is 0 Å². The molecule has 0 bridgehead atoms. The van der Waals surface area contributed by atoms with Crippen LogP contribution in [0.5, 0.6) is 5.75 Å². The molecule has 1 rings (SSSR count). The summed E-state index contributed by atoms with van der Waals surface area (Å²) >= 11 is 11.2. The topological polar surface area (TPSA) is 46.5 Å². The average molecular weight is 271 g/mol. The highest BCUT2D eigenvalue weighted by molar-refractivity contribution is 6.43. The number of hydrogen-bond donors (Lipinski definition) is 1. The zero-order valence-corrected chi connectivity index (χ0v) is 9.23. The molecule has 7 heteroatoms. The van der Waals surface area contributed by atoms with Crippen molar-refractivity contribution >= 4 is 29.2 Å². The first-order valence-electron chi connectivity index (χ1n) is 4.05. The summed E-state index contributed by atoms with van der Waals surface area (Å²) in [6.07, 6.45) is -0.473. The first-order chi connectivity index (χ1) is 7.41. The SMILES string of the molecule is O=C(O)Cc1ccc(Cl)c(Cl)c1OC(F)F. The third-order valence-electron chi connectivity index (χ3n) is 1.68. The van der Waals surface area contributed by atoms with Crippen LogP contribution >= 0.6 is 23.2 Å². The van der Waals surface area contributed by atoms with E-state index in [1.54, 1.807) is 0 Å². The summed E-state index contributed by atoms with van der Waals surface area (Å²) in [6.45, 7) is -3.09. The molecule has 1 aromatic carbocycles. The van der Waals surface area contributed by atoms with Crippen LogP contribution in [0.1, 0.15) is 5.56 Å². The second kappa shape index (κ2) is 5.32. The molecule has 3 nitrogen and oxygen atoms in total. The van der Waals surface area contributed by atoms with Crippen molar-refractivity contribution in [1.82, 2.24) is 0 Å². The van der Waals surface area contributed by atoms with Gasteiger partial charge in [-0.25, -0.2) is 0 Å². The van der Waals surface area contributed by atoms with E-state index in [1.807, 2.05) is 0 Å². The highest BCUT2D eigenvalue weighted by Crippen LogP contribution is 2.36. The number of aliphatic carboxylic acids is 1. The molecule has 0 aromatic heterocycles. The molecule has 0 heterocycles. The Morgan fingerprint density at radius 3 is 2.56 bits per heavy atom. The standard InChI is InChI=1S/C9H6Cl2F2O3/c10-5-2-1-4(3-6(14)15)8(7(5)11)16-9(12)13/h1-2,9H,3H2,(H,14,15). The Hall–Kier alpha value is -1.07. The molecule has 1 aromatic rings. The predicted molar refractivity (Wildman–Crippen MR) is 54.4 cm³/mol. The van der Waals surface area contributed by atoms with E-state index in [-0.39, 0.29) is 15.6 Å². The van der Waals surface area contributed by atoms with Gasteiger partial charge in [-0.2, -0.15) is 8.78 Å². The van der Waals surface area contributed by atoms with E-state index in [2.05, 4.69) is 4.74 Å². The van der Waals surface area contributed by atoms with Crippen molar-refractivity contribution < 1.29 is 23.4 Å². The van der Waals surface area contributed by atoms with Crippen LogP contribution in [0.4, 0.5) is 8.78 Å². The molecule has 0 aliphatic rings. The first-order valence-corrected chi connectivity index (χ1v) is 4.81. The molecule has 0 radical (unpaired) electrons. The van der Waals surface area contributed by atoms with Crippen molar-refractivity contribution in [3.63, 3.8) is 0 Å². The monoisotopic (exact) mass is 270 g/mol. The van der Waals surface area contributed by atoms with Crippen molar-refractivity contribution in [2.45, 2.75) is 13.0 Å². The maximum Gasteiger partial charge on any atom is 0.387 e. The van der Waals surface area contributed by atoms with E-state index in [1.165, 1.54) is 12.1 Å². The van der Waals surface area contributed by atoms with Gasteiger partial charge in [0.25, 0.3) is 0 Å². The Balaban J connectivity index is 3.15. The van der Waals surface area contributed by atoms with Crippen molar-refractivity contribution in [2.24, 2.45) is 0 Å². The number of carbonyl (C=O) groups is 1. The number of carboxylic acids is 1. The van der Waals surface area contributed by atoms with Gasteiger partial charge in [-0.05, 0) is 6.07 Å². The minimum absolute atomic E-state index is 0.0199. The molecule has 0 aliphatic carbocycles. The lowest BCUT2D eigenvalue weighted by Gasteiger charge is -2.11. The van der Waals surface area contributed by atoms with E-state index in [9.17, 15) is 13.6 Å². The molecule has 0 aliphatic heterocycles. The van der Waals surface area contributed by atoms with Gasteiger partial charge >= 0.3 is 12.6 Å². The summed E-state index contributed by atoms with van der Waals surface area (Å²) in [7, 11) is 0. The third kappa shape index (κ3) is 3.21. The molecule has 1 N–H and O–H groups in total. The molecule has 0 saturated heterocycles. The summed E-state index contributed by atoms with van der Waals surface area (Å²) < 4.78 is 28.3. The molecule has 16 heavy (non-hydrogen) atoms. The fourth-order valence-electron chi connectivity index (χ4n) is 1.09. The van der Waals surface area contributed by atoms with Crippen LogP contribution < -0.4 is 4.74 Å². The van der Waals surface area contributed by atoms with Crippen molar-refractivity contribution in [2.75, 3.05) is 0 Å². The number of halogens is 4. The minimum atomic E-state index is -3.09. The van der Waals surface area contributed by atoms with Crippen LogP contribution in [0.15, 0.2) is 12.1 Å². The molecule has 0 spiro atoms. The normalized spacial score (nSPS) is 10.6. The average Bonchev–Trinajstić information content (AvgIpc) is 2.16. The molecule has 0 atom stereocenters. The molecule has 0 amide bonds. The van der Waals surface area contributed by atoms with Gasteiger partial charge < -0.3 is 9.84 Å². The van der Waals surface area contributed by atoms with Crippen LogP contribution in [0.2, 0.25) is 10.0 Å². The summed E-state index contributed by atoms with van der Waals surface area (Å²) in [5.74, 6) is -1.58. The van der Waals surface area contributed by atoms with E-state index in [4.69, 9.17) is 28.3 Å². The van der Waals surface area contributed by atoms with Crippen molar-refractivity contribution in [3.05, 3.63) is 27.7 Å². The maximum absolute atomic E-state index is 12.1. The van der Waals surface area contributed by atoms with Gasteiger partial charge in [-0.15, -0.1) is 0 Å². The van der Waals surface area contributed by atoms with E-state index < -0.39 is 24.8 Å². The molecule has 0 saturated carbocycles. The Morgan fingerprint density at radius 1 is 1.44 bits per heavy atom. The molecule has 0 unspecified atom stereocenters. The van der Waals surface area contributed by atoms with Gasteiger partial charge in [-0.1, -0.05) is 29.3 Å². The van der Waals surface area contributed by atoms with Crippen molar-refractivity contribution in [3.8, 4) is 5.75 Å². The fourth-order valence-corrected chi connectivity index (χ4v) is 1.47. The van der Waals surface area contributed by atoms with Gasteiger partial charge in [0.1, 0.15) is 10.8 Å². The zero-order valence-electron chi connectivity index (χ0n) is 7.71.